The van der Waals surface area contributed by atoms with Crippen molar-refractivity contribution < 1.29 is 33.0 Å². The van der Waals surface area contributed by atoms with E-state index in [-0.39, 0.29) is 36.0 Å². The molecule has 2 aliphatic rings. The number of carbonyl (C=O) groups excluding carboxylic acids is 1. The predicted molar refractivity (Wildman–Crippen MR) is 135 cm³/mol. The summed E-state index contributed by atoms with van der Waals surface area (Å²) in [4.78, 5) is 24.1. The van der Waals surface area contributed by atoms with Gasteiger partial charge in [0.05, 0.1) is 13.2 Å². The minimum absolute atomic E-state index is 0.0176. The molecule has 0 spiro atoms. The fourth-order valence-corrected chi connectivity index (χ4v) is 4.53. The summed E-state index contributed by atoms with van der Waals surface area (Å²) in [6, 6.07) is 9.12. The molecule has 2 atom stereocenters. The lowest BCUT2D eigenvalue weighted by Crippen LogP contribution is -2.34. The molecule has 2 aromatic rings. The molecule has 4 rings (SSSR count). The highest BCUT2D eigenvalue weighted by Crippen LogP contribution is 2.37. The van der Waals surface area contributed by atoms with E-state index < -0.39 is 23.6 Å². The normalized spacial score (nSPS) is 18.5. The monoisotopic (exact) mass is 518 g/mol. The standard InChI is InChI=1S/C23H25F2NO3.C5H11NO2/c1-28-20-10-9-15(11-21(20)29-18-6-2-3-7-18)17-12-22(27)26(14-17)13-16-5-4-8-19(24)23(16)25;1-3(2)4(6)5(7)8/h4-5,8-11,17-18H,2-3,6-7,12-14H2,1H3;3-4H,6H2,1-2H3,(H,7,8)/t17-;4-/m10/s1. The molecule has 3 N–H and O–H groups in total. The van der Waals surface area contributed by atoms with Crippen LogP contribution in [0.2, 0.25) is 0 Å². The summed E-state index contributed by atoms with van der Waals surface area (Å²) in [6.45, 7) is 4.09. The average Bonchev–Trinajstić information content (AvgIpc) is 3.51. The van der Waals surface area contributed by atoms with Gasteiger partial charge in [0.25, 0.3) is 0 Å². The zero-order valence-corrected chi connectivity index (χ0v) is 21.6. The molecule has 0 radical (unpaired) electrons. The smallest absolute Gasteiger partial charge is 0.320 e. The number of carboxylic acids is 1. The molecule has 1 aliphatic carbocycles. The van der Waals surface area contributed by atoms with Gasteiger partial charge in [-0.2, -0.15) is 0 Å². The van der Waals surface area contributed by atoms with E-state index in [1.807, 2.05) is 18.2 Å². The van der Waals surface area contributed by atoms with Crippen LogP contribution >= 0.6 is 0 Å². The minimum Gasteiger partial charge on any atom is -0.493 e. The Labute approximate surface area is 216 Å². The number of nitrogens with zero attached hydrogens (tertiary/aromatic N) is 1. The Balaban J connectivity index is 0.000000414. The van der Waals surface area contributed by atoms with Gasteiger partial charge in [-0.3, -0.25) is 9.59 Å². The van der Waals surface area contributed by atoms with Crippen molar-refractivity contribution in [3.8, 4) is 11.5 Å². The molecule has 1 amide bonds. The Kier molecular flexibility index (Phi) is 9.86. The number of amides is 1. The molecule has 202 valence electrons. The number of methoxy groups -OCH3 is 1. The maximum absolute atomic E-state index is 14.0. The third-order valence-electron chi connectivity index (χ3n) is 6.87. The lowest BCUT2D eigenvalue weighted by Gasteiger charge is -2.19. The number of halogens is 2. The van der Waals surface area contributed by atoms with Gasteiger partial charge in [0.2, 0.25) is 5.91 Å². The van der Waals surface area contributed by atoms with Crippen LogP contribution in [0.15, 0.2) is 36.4 Å². The SMILES string of the molecule is CC(C)[C@H](N)C(=O)O.COc1ccc([C@@H]2CC(=O)N(Cc3cccc(F)c3F)C2)cc1OC1CCCC1. The summed E-state index contributed by atoms with van der Waals surface area (Å²) in [5, 5.41) is 8.23. The van der Waals surface area contributed by atoms with Crippen molar-refractivity contribution in [1.82, 2.24) is 4.90 Å². The van der Waals surface area contributed by atoms with E-state index in [0.29, 0.717) is 24.5 Å². The molecule has 37 heavy (non-hydrogen) atoms. The second-order valence-corrected chi connectivity index (χ2v) is 9.93. The number of rotatable bonds is 8. The number of hydrogen-bond donors (Lipinski definition) is 2. The van der Waals surface area contributed by atoms with E-state index in [2.05, 4.69) is 0 Å². The Morgan fingerprint density at radius 3 is 2.46 bits per heavy atom. The van der Waals surface area contributed by atoms with Crippen molar-refractivity contribution in [3.05, 3.63) is 59.2 Å². The summed E-state index contributed by atoms with van der Waals surface area (Å²) < 4.78 is 39.1. The highest BCUT2D eigenvalue weighted by Gasteiger charge is 2.32. The summed E-state index contributed by atoms with van der Waals surface area (Å²) in [5.74, 6) is -1.38. The van der Waals surface area contributed by atoms with Crippen LogP contribution in [0.4, 0.5) is 8.78 Å². The summed E-state index contributed by atoms with van der Waals surface area (Å²) in [5.41, 5.74) is 6.35. The van der Waals surface area contributed by atoms with Crippen molar-refractivity contribution in [1.29, 1.82) is 0 Å². The van der Waals surface area contributed by atoms with Crippen LogP contribution in [-0.4, -0.2) is 47.7 Å². The molecule has 1 aliphatic heterocycles. The maximum Gasteiger partial charge on any atom is 0.320 e. The number of hydrogen-bond acceptors (Lipinski definition) is 5. The largest absolute Gasteiger partial charge is 0.493 e. The Bertz CT molecular complexity index is 1090. The summed E-state index contributed by atoms with van der Waals surface area (Å²) in [6.07, 6.45) is 4.98. The van der Waals surface area contributed by atoms with Crippen LogP contribution in [0.3, 0.4) is 0 Å². The number of carbonyl (C=O) groups is 2. The molecule has 2 fully saturated rings. The lowest BCUT2D eigenvalue weighted by molar-refractivity contribution is -0.139. The van der Waals surface area contributed by atoms with Gasteiger partial charge in [-0.1, -0.05) is 32.0 Å². The van der Waals surface area contributed by atoms with Crippen LogP contribution in [0.5, 0.6) is 11.5 Å². The van der Waals surface area contributed by atoms with E-state index in [1.165, 1.54) is 25.0 Å². The topological polar surface area (TPSA) is 102 Å². The molecule has 0 aromatic heterocycles. The van der Waals surface area contributed by atoms with Gasteiger partial charge < -0.3 is 25.2 Å². The van der Waals surface area contributed by atoms with Gasteiger partial charge in [0.1, 0.15) is 6.04 Å². The quantitative estimate of drug-likeness (QED) is 0.517. The predicted octanol–water partition coefficient (Wildman–Crippen LogP) is 4.87. The molecule has 1 saturated heterocycles. The molecule has 9 heteroatoms. The highest BCUT2D eigenvalue weighted by molar-refractivity contribution is 5.80. The van der Waals surface area contributed by atoms with Gasteiger partial charge in [0, 0.05) is 31.0 Å². The molecule has 0 bridgehead atoms. The molecule has 1 heterocycles. The molecular weight excluding hydrogens is 482 g/mol. The molecular formula is C28H36F2N2O5. The van der Waals surface area contributed by atoms with Crippen molar-refractivity contribution in [2.24, 2.45) is 11.7 Å². The maximum atomic E-state index is 14.0. The van der Waals surface area contributed by atoms with E-state index in [9.17, 15) is 18.4 Å². The van der Waals surface area contributed by atoms with Gasteiger partial charge >= 0.3 is 5.97 Å². The van der Waals surface area contributed by atoms with Gasteiger partial charge in [0.15, 0.2) is 23.1 Å². The molecule has 0 unspecified atom stereocenters. The highest BCUT2D eigenvalue weighted by atomic mass is 19.2. The minimum atomic E-state index is -0.931. The van der Waals surface area contributed by atoms with Crippen LogP contribution in [-0.2, 0) is 16.1 Å². The van der Waals surface area contributed by atoms with E-state index in [4.69, 9.17) is 20.3 Å². The first kappa shape index (κ1) is 28.4. The first-order valence-electron chi connectivity index (χ1n) is 12.6. The average molecular weight is 519 g/mol. The van der Waals surface area contributed by atoms with Gasteiger partial charge in [-0.05, 0) is 55.4 Å². The first-order valence-corrected chi connectivity index (χ1v) is 12.6. The Hall–Kier alpha value is -3.20. The molecule has 7 nitrogen and oxygen atoms in total. The molecule has 2 aromatic carbocycles. The van der Waals surface area contributed by atoms with Gasteiger partial charge in [-0.15, -0.1) is 0 Å². The second kappa shape index (κ2) is 12.9. The van der Waals surface area contributed by atoms with Crippen LogP contribution < -0.4 is 15.2 Å². The van der Waals surface area contributed by atoms with Crippen molar-refractivity contribution in [2.45, 2.75) is 70.6 Å². The number of benzene rings is 2. The van der Waals surface area contributed by atoms with Crippen molar-refractivity contribution >= 4 is 11.9 Å². The third-order valence-corrected chi connectivity index (χ3v) is 6.87. The van der Waals surface area contributed by atoms with E-state index in [0.717, 1.165) is 24.5 Å². The second-order valence-electron chi connectivity index (χ2n) is 9.93. The van der Waals surface area contributed by atoms with E-state index >= 15 is 0 Å². The van der Waals surface area contributed by atoms with Crippen LogP contribution in [0.25, 0.3) is 0 Å². The summed E-state index contributed by atoms with van der Waals surface area (Å²) in [7, 11) is 1.62. The fraction of sp³-hybridized carbons (Fsp3) is 0.500. The zero-order valence-electron chi connectivity index (χ0n) is 21.6. The number of carboxylic acid groups (broad SMARTS) is 1. The number of ether oxygens (including phenoxy) is 2. The number of likely N-dealkylation sites (tertiary alicyclic amines) is 1. The molecule has 1 saturated carbocycles. The van der Waals surface area contributed by atoms with Crippen LogP contribution in [0, 0.1) is 17.6 Å². The Morgan fingerprint density at radius 1 is 1.16 bits per heavy atom. The lowest BCUT2D eigenvalue weighted by atomic mass is 9.98. The van der Waals surface area contributed by atoms with Crippen molar-refractivity contribution in [3.63, 3.8) is 0 Å². The first-order chi connectivity index (χ1) is 17.6. The Morgan fingerprint density at radius 2 is 1.86 bits per heavy atom. The van der Waals surface area contributed by atoms with Gasteiger partial charge in [-0.25, -0.2) is 8.78 Å². The number of aliphatic carboxylic acids is 1. The van der Waals surface area contributed by atoms with Crippen LogP contribution in [0.1, 0.15) is 63.0 Å². The zero-order chi connectivity index (χ0) is 27.1. The van der Waals surface area contributed by atoms with Crippen molar-refractivity contribution in [2.75, 3.05) is 13.7 Å². The number of nitrogens with two attached hydrogens (primary N) is 1. The fourth-order valence-electron chi connectivity index (χ4n) is 4.53. The third kappa shape index (κ3) is 7.41. The summed E-state index contributed by atoms with van der Waals surface area (Å²) >= 11 is 0. The van der Waals surface area contributed by atoms with E-state index in [1.54, 1.807) is 25.9 Å².